The molecule has 0 aliphatic carbocycles. The number of fused-ring (bicyclic) bond motifs is 4. The first-order valence-corrected chi connectivity index (χ1v) is 13.1. The lowest BCUT2D eigenvalue weighted by Gasteiger charge is -2.12. The van der Waals surface area contributed by atoms with Crippen molar-refractivity contribution in [2.45, 2.75) is 26.1 Å². The molecule has 0 unspecified atom stereocenters. The van der Waals surface area contributed by atoms with Crippen LogP contribution in [0.3, 0.4) is 0 Å². The van der Waals surface area contributed by atoms with Crippen molar-refractivity contribution in [1.29, 1.82) is 5.26 Å². The summed E-state index contributed by atoms with van der Waals surface area (Å²) in [4.78, 5) is 26.3. The molecule has 5 aromatic rings. The molecular formula is C29H23N5O4S. The largest absolute Gasteiger partial charge is 0.488 e. The highest BCUT2D eigenvalue weighted by atomic mass is 32.1. The average Bonchev–Trinajstić information content (AvgIpc) is 3.58. The number of aromatic nitrogens is 3. The molecule has 2 aromatic heterocycles. The highest BCUT2D eigenvalue weighted by Gasteiger charge is 2.27. The fraction of sp³-hybridized carbons (Fsp3) is 0.207. The number of carbonyl (C=O) groups is 1. The first kappa shape index (κ1) is 24.6. The summed E-state index contributed by atoms with van der Waals surface area (Å²) in [5.41, 5.74) is 6.76. The molecule has 0 radical (unpaired) electrons. The second-order valence-corrected chi connectivity index (χ2v) is 10.2. The van der Waals surface area contributed by atoms with E-state index in [-0.39, 0.29) is 12.7 Å². The molecule has 1 aliphatic heterocycles. The van der Waals surface area contributed by atoms with Gasteiger partial charge in [-0.1, -0.05) is 12.1 Å². The van der Waals surface area contributed by atoms with Gasteiger partial charge in [0.2, 0.25) is 5.88 Å². The monoisotopic (exact) mass is 537 g/mol. The Morgan fingerprint density at radius 1 is 1.21 bits per heavy atom. The Balaban J connectivity index is 1.17. The molecule has 10 heteroatoms. The van der Waals surface area contributed by atoms with E-state index < -0.39 is 6.09 Å². The van der Waals surface area contributed by atoms with Crippen molar-refractivity contribution in [3.63, 3.8) is 0 Å². The van der Waals surface area contributed by atoms with Crippen LogP contribution in [0.25, 0.3) is 31.8 Å². The van der Waals surface area contributed by atoms with Crippen LogP contribution in [-0.4, -0.2) is 40.8 Å². The van der Waals surface area contributed by atoms with Gasteiger partial charge >= 0.3 is 6.09 Å². The number of carbonyl (C=O) groups excluding carboxylic acids is 1. The zero-order chi connectivity index (χ0) is 26.9. The van der Waals surface area contributed by atoms with Crippen molar-refractivity contribution in [1.82, 2.24) is 20.3 Å². The number of nitrogens with one attached hydrogen (secondary N) is 1. The van der Waals surface area contributed by atoms with E-state index >= 15 is 0 Å². The third kappa shape index (κ3) is 4.92. The molecule has 0 saturated heterocycles. The van der Waals surface area contributed by atoms with Gasteiger partial charge in [0.1, 0.15) is 23.5 Å². The standard InChI is InChI=1S/C29H23N5O4S/c1-16-8-21(26-23(9-16)33-25(36-2)14-31-26)28-34-22-6-7-24-20(27(22)39-28)11-19(38-24)13-32-29(35)37-15-18-5-3-4-17(10-18)12-30/h3-10,14,19H,11,13,15H2,1-2H3,(H,32,35)/t19-/m0/s1. The van der Waals surface area contributed by atoms with Crippen molar-refractivity contribution in [3.05, 3.63) is 77.0 Å². The van der Waals surface area contributed by atoms with Crippen LogP contribution in [0.2, 0.25) is 0 Å². The van der Waals surface area contributed by atoms with Crippen molar-refractivity contribution < 1.29 is 19.0 Å². The molecule has 0 bridgehead atoms. The summed E-state index contributed by atoms with van der Waals surface area (Å²) < 4.78 is 17.7. The Hall–Kier alpha value is -4.75. The van der Waals surface area contributed by atoms with Gasteiger partial charge in [0, 0.05) is 17.5 Å². The highest BCUT2D eigenvalue weighted by molar-refractivity contribution is 7.22. The minimum atomic E-state index is -0.536. The minimum absolute atomic E-state index is 0.0855. The molecule has 39 heavy (non-hydrogen) atoms. The summed E-state index contributed by atoms with van der Waals surface area (Å²) in [5.74, 6) is 1.26. The third-order valence-electron chi connectivity index (χ3n) is 6.45. The lowest BCUT2D eigenvalue weighted by molar-refractivity contribution is 0.133. The number of ether oxygens (including phenoxy) is 3. The summed E-state index contributed by atoms with van der Waals surface area (Å²) in [7, 11) is 1.57. The Labute approximate surface area is 228 Å². The number of aryl methyl sites for hydroxylation is 1. The summed E-state index contributed by atoms with van der Waals surface area (Å²) in [6, 6.07) is 17.0. The van der Waals surface area contributed by atoms with Crippen LogP contribution in [-0.2, 0) is 17.8 Å². The second kappa shape index (κ2) is 10.2. The fourth-order valence-electron chi connectivity index (χ4n) is 4.65. The molecular weight excluding hydrogens is 514 g/mol. The van der Waals surface area contributed by atoms with Crippen LogP contribution in [0.15, 0.2) is 54.7 Å². The molecule has 0 spiro atoms. The van der Waals surface area contributed by atoms with Gasteiger partial charge in [0.25, 0.3) is 0 Å². The van der Waals surface area contributed by atoms with Gasteiger partial charge in [-0.2, -0.15) is 5.26 Å². The van der Waals surface area contributed by atoms with Crippen LogP contribution in [0.5, 0.6) is 11.6 Å². The van der Waals surface area contributed by atoms with Gasteiger partial charge in [-0.15, -0.1) is 11.3 Å². The number of hydrogen-bond acceptors (Lipinski definition) is 9. The molecule has 6 rings (SSSR count). The molecule has 3 aromatic carbocycles. The molecule has 1 N–H and O–H groups in total. The van der Waals surface area contributed by atoms with Crippen LogP contribution in [0.1, 0.15) is 22.3 Å². The zero-order valence-electron chi connectivity index (χ0n) is 21.2. The van der Waals surface area contributed by atoms with Crippen LogP contribution >= 0.6 is 11.3 Å². The number of alkyl carbamates (subject to hydrolysis) is 1. The Morgan fingerprint density at radius 2 is 2.10 bits per heavy atom. The maximum atomic E-state index is 12.3. The van der Waals surface area contributed by atoms with Crippen LogP contribution in [0, 0.1) is 18.3 Å². The van der Waals surface area contributed by atoms with E-state index in [1.54, 1.807) is 42.8 Å². The van der Waals surface area contributed by atoms with Crippen molar-refractivity contribution in [3.8, 4) is 28.3 Å². The zero-order valence-corrected chi connectivity index (χ0v) is 22.0. The van der Waals surface area contributed by atoms with Gasteiger partial charge < -0.3 is 19.5 Å². The van der Waals surface area contributed by atoms with E-state index in [9.17, 15) is 4.79 Å². The van der Waals surface area contributed by atoms with Gasteiger partial charge in [0.05, 0.1) is 52.7 Å². The molecule has 0 fully saturated rings. The summed E-state index contributed by atoms with van der Waals surface area (Å²) >= 11 is 1.60. The Morgan fingerprint density at radius 3 is 2.95 bits per heavy atom. The predicted molar refractivity (Wildman–Crippen MR) is 147 cm³/mol. The third-order valence-corrected chi connectivity index (χ3v) is 7.62. The predicted octanol–water partition coefficient (Wildman–Crippen LogP) is 5.33. The maximum Gasteiger partial charge on any atom is 0.407 e. The van der Waals surface area contributed by atoms with Gasteiger partial charge in [0.15, 0.2) is 0 Å². The van der Waals surface area contributed by atoms with Gasteiger partial charge in [-0.05, 0) is 54.4 Å². The SMILES string of the molecule is COc1cnc2c(-c3nc4ccc5c(c4s3)C[C@@H](CNC(=O)OCc3cccc(C#N)c3)O5)cc(C)cc2n1. The van der Waals surface area contributed by atoms with Gasteiger partial charge in [-0.3, -0.25) is 0 Å². The average molecular weight is 538 g/mol. The molecule has 0 saturated carbocycles. The lowest BCUT2D eigenvalue weighted by Crippen LogP contribution is -2.34. The fourth-order valence-corrected chi connectivity index (χ4v) is 5.78. The summed E-state index contributed by atoms with van der Waals surface area (Å²) in [6.07, 6.45) is 1.51. The number of methoxy groups -OCH3 is 1. The maximum absolute atomic E-state index is 12.3. The van der Waals surface area contributed by atoms with E-state index in [0.29, 0.717) is 24.4 Å². The van der Waals surface area contributed by atoms with Crippen molar-refractivity contribution in [2.24, 2.45) is 0 Å². The topological polar surface area (TPSA) is 119 Å². The van der Waals surface area contributed by atoms with Crippen LogP contribution in [0.4, 0.5) is 4.79 Å². The number of thiazole rings is 1. The molecule has 9 nitrogen and oxygen atoms in total. The number of nitriles is 1. The van der Waals surface area contributed by atoms with E-state index in [4.69, 9.17) is 24.5 Å². The van der Waals surface area contributed by atoms with E-state index in [2.05, 4.69) is 27.4 Å². The first-order chi connectivity index (χ1) is 19.0. The lowest BCUT2D eigenvalue weighted by atomic mass is 10.1. The van der Waals surface area contributed by atoms with E-state index in [1.165, 1.54) is 0 Å². The van der Waals surface area contributed by atoms with E-state index in [1.807, 2.05) is 31.2 Å². The normalized spacial score (nSPS) is 14.0. The summed E-state index contributed by atoms with van der Waals surface area (Å²) in [5, 5.41) is 12.7. The first-order valence-electron chi connectivity index (χ1n) is 12.3. The summed E-state index contributed by atoms with van der Waals surface area (Å²) in [6.45, 7) is 2.41. The minimum Gasteiger partial charge on any atom is -0.488 e. The molecule has 3 heterocycles. The highest BCUT2D eigenvalue weighted by Crippen LogP contribution is 2.41. The van der Waals surface area contributed by atoms with E-state index in [0.717, 1.165) is 54.3 Å². The van der Waals surface area contributed by atoms with Crippen molar-refractivity contribution >= 4 is 38.7 Å². The number of nitrogens with zero attached hydrogens (tertiary/aromatic N) is 4. The Kier molecular flexibility index (Phi) is 6.42. The van der Waals surface area contributed by atoms with Gasteiger partial charge in [-0.25, -0.2) is 19.7 Å². The number of hydrogen-bond donors (Lipinski definition) is 1. The molecule has 1 aliphatic rings. The van der Waals surface area contributed by atoms with Crippen molar-refractivity contribution in [2.75, 3.05) is 13.7 Å². The molecule has 1 atom stereocenters. The molecule has 194 valence electrons. The number of benzene rings is 3. The number of rotatable bonds is 6. The smallest absolute Gasteiger partial charge is 0.407 e. The quantitative estimate of drug-likeness (QED) is 0.309. The number of amides is 1. The second-order valence-electron chi connectivity index (χ2n) is 9.22. The van der Waals surface area contributed by atoms with Crippen LogP contribution < -0.4 is 14.8 Å². The Bertz CT molecular complexity index is 1780. The molecule has 1 amide bonds.